The van der Waals surface area contributed by atoms with Crippen LogP contribution in [-0.4, -0.2) is 56.9 Å². The van der Waals surface area contributed by atoms with Crippen molar-refractivity contribution in [2.75, 3.05) is 57.2 Å². The van der Waals surface area contributed by atoms with Gasteiger partial charge in [-0.05, 0) is 49.7 Å². The van der Waals surface area contributed by atoms with Gasteiger partial charge in [-0.25, -0.2) is 0 Å². The quantitative estimate of drug-likeness (QED) is 0.577. The molecule has 0 fully saturated rings. The fourth-order valence-corrected chi connectivity index (χ4v) is 5.23. The van der Waals surface area contributed by atoms with Crippen molar-refractivity contribution in [3.8, 4) is 11.8 Å². The molecule has 7 nitrogen and oxygen atoms in total. The van der Waals surface area contributed by atoms with Crippen molar-refractivity contribution in [3.05, 3.63) is 63.5 Å². The van der Waals surface area contributed by atoms with Gasteiger partial charge in [0.1, 0.15) is 5.75 Å². The molecule has 0 radical (unpaired) electrons. The maximum Gasteiger partial charge on any atom is 0.253 e. The molecule has 1 aromatic heterocycles. The van der Waals surface area contributed by atoms with Gasteiger partial charge in [-0.3, -0.25) is 4.79 Å². The van der Waals surface area contributed by atoms with E-state index in [1.165, 1.54) is 5.57 Å². The lowest BCUT2D eigenvalue weighted by Gasteiger charge is -2.38. The zero-order chi connectivity index (χ0) is 24.9. The highest BCUT2D eigenvalue weighted by atomic mass is 16.5. The zero-order valence-corrected chi connectivity index (χ0v) is 21.1. The molecule has 0 saturated carbocycles. The lowest BCUT2D eigenvalue weighted by Crippen LogP contribution is -2.37. The summed E-state index contributed by atoms with van der Waals surface area (Å²) < 4.78 is 7.31. The van der Waals surface area contributed by atoms with E-state index >= 15 is 0 Å². The van der Waals surface area contributed by atoms with E-state index in [0.717, 1.165) is 66.1 Å². The summed E-state index contributed by atoms with van der Waals surface area (Å²) in [5.41, 5.74) is 7.53. The second-order valence-corrected chi connectivity index (χ2v) is 9.58. The third kappa shape index (κ3) is 3.84. The fraction of sp³-hybridized carbons (Fsp3) is 0.357. The van der Waals surface area contributed by atoms with Gasteiger partial charge in [-0.2, -0.15) is 5.26 Å². The van der Waals surface area contributed by atoms with Crippen molar-refractivity contribution in [2.24, 2.45) is 7.05 Å². The van der Waals surface area contributed by atoms with Gasteiger partial charge in [0.2, 0.25) is 0 Å². The molecule has 3 heterocycles. The normalized spacial score (nSPS) is 16.2. The molecule has 0 N–H and O–H groups in total. The number of aryl methyl sites for hydroxylation is 2. The topological polar surface area (TPSA) is 64.7 Å². The lowest BCUT2D eigenvalue weighted by atomic mass is 9.93. The molecule has 2 aliphatic heterocycles. The molecule has 2 aromatic carbocycles. The Kier molecular flexibility index (Phi) is 5.78. The molecule has 3 aromatic rings. The predicted octanol–water partition coefficient (Wildman–Crippen LogP) is 4.03. The third-order valence-corrected chi connectivity index (χ3v) is 7.35. The van der Waals surface area contributed by atoms with Gasteiger partial charge in [-0.1, -0.05) is 6.08 Å². The number of rotatable bonds is 3. The van der Waals surface area contributed by atoms with E-state index in [1.54, 1.807) is 18.7 Å². The van der Waals surface area contributed by atoms with Crippen molar-refractivity contribution >= 4 is 33.5 Å². The van der Waals surface area contributed by atoms with E-state index in [4.69, 9.17) is 4.74 Å². The minimum atomic E-state index is -0.0155. The van der Waals surface area contributed by atoms with Crippen LogP contribution in [0.2, 0.25) is 0 Å². The van der Waals surface area contributed by atoms with Crippen LogP contribution in [-0.2, 0) is 7.05 Å². The van der Waals surface area contributed by atoms with Gasteiger partial charge in [0, 0.05) is 63.4 Å². The number of aromatic nitrogens is 1. The highest BCUT2D eigenvalue weighted by molar-refractivity contribution is 5.98. The Hall–Kier alpha value is -3.76. The molecule has 7 heteroatoms. The van der Waals surface area contributed by atoms with Crippen LogP contribution in [0.3, 0.4) is 0 Å². The molecule has 0 aliphatic carbocycles. The van der Waals surface area contributed by atoms with Gasteiger partial charge in [-0.15, -0.1) is 0 Å². The first kappa shape index (κ1) is 23.0. The monoisotopic (exact) mass is 469 g/mol. The van der Waals surface area contributed by atoms with E-state index in [0.29, 0.717) is 16.9 Å². The summed E-state index contributed by atoms with van der Waals surface area (Å²) >= 11 is 0. The number of hydrogen-bond donors (Lipinski definition) is 0. The van der Waals surface area contributed by atoms with Crippen LogP contribution in [0.15, 0.2) is 41.2 Å². The molecule has 0 unspecified atom stereocenters. The van der Waals surface area contributed by atoms with E-state index in [9.17, 15) is 10.1 Å². The predicted molar refractivity (Wildman–Crippen MR) is 142 cm³/mol. The first-order chi connectivity index (χ1) is 16.8. The summed E-state index contributed by atoms with van der Waals surface area (Å²) in [5.74, 6) is 0.695. The average Bonchev–Trinajstić information content (AvgIpc) is 2.87. The molecule has 0 atom stereocenters. The Bertz CT molecular complexity index is 1460. The van der Waals surface area contributed by atoms with E-state index in [1.807, 2.05) is 31.2 Å². The maximum absolute atomic E-state index is 12.7. The minimum absolute atomic E-state index is 0.0155. The number of ether oxygens (including phenoxy) is 1. The molecular formula is C28H31N5O2. The number of likely N-dealkylation sites (N-methyl/N-ethyl adjacent to an activating group) is 2. The van der Waals surface area contributed by atoms with Crippen LogP contribution < -0.4 is 20.1 Å². The van der Waals surface area contributed by atoms with Gasteiger partial charge in [0.15, 0.2) is 0 Å². The standard InChI is InChI=1S/C28H31N5O2/c1-18-12-23-24(32(4)28(18)34)14-21(35-5)15-25(23)33-11-10-31(3)26-16-22(20(17-29)13-27(26)33)19-6-8-30(2)9-7-19/h6,12-16H,7-11H2,1-5H3. The maximum atomic E-state index is 12.7. The van der Waals surface area contributed by atoms with Crippen molar-refractivity contribution in [3.63, 3.8) is 0 Å². The molecule has 35 heavy (non-hydrogen) atoms. The smallest absolute Gasteiger partial charge is 0.253 e. The highest BCUT2D eigenvalue weighted by Gasteiger charge is 2.27. The number of methoxy groups -OCH3 is 1. The molecule has 180 valence electrons. The number of anilines is 3. The van der Waals surface area contributed by atoms with Gasteiger partial charge in [0.25, 0.3) is 5.56 Å². The summed E-state index contributed by atoms with van der Waals surface area (Å²) in [6.07, 6.45) is 3.18. The van der Waals surface area contributed by atoms with E-state index < -0.39 is 0 Å². The van der Waals surface area contributed by atoms with Gasteiger partial charge < -0.3 is 24.0 Å². The van der Waals surface area contributed by atoms with E-state index in [2.05, 4.69) is 47.0 Å². The number of hydrogen-bond acceptors (Lipinski definition) is 6. The van der Waals surface area contributed by atoms with Crippen molar-refractivity contribution < 1.29 is 4.74 Å². The van der Waals surface area contributed by atoms with Gasteiger partial charge in [0.05, 0.1) is 41.3 Å². The second kappa shape index (κ2) is 8.79. The molecule has 0 bridgehead atoms. The van der Waals surface area contributed by atoms with Crippen LogP contribution in [0.25, 0.3) is 16.5 Å². The molecule has 0 saturated heterocycles. The largest absolute Gasteiger partial charge is 0.497 e. The average molecular weight is 470 g/mol. The van der Waals surface area contributed by atoms with Crippen LogP contribution in [0, 0.1) is 18.3 Å². The summed E-state index contributed by atoms with van der Waals surface area (Å²) in [6, 6.07) is 12.6. The number of pyridine rings is 1. The number of benzene rings is 2. The minimum Gasteiger partial charge on any atom is -0.497 e. The number of nitriles is 1. The Labute approximate surface area is 206 Å². The first-order valence-corrected chi connectivity index (χ1v) is 12.0. The molecule has 0 amide bonds. The van der Waals surface area contributed by atoms with Crippen LogP contribution in [0.4, 0.5) is 17.1 Å². The summed E-state index contributed by atoms with van der Waals surface area (Å²) in [4.78, 5) is 19.5. The van der Waals surface area contributed by atoms with E-state index in [-0.39, 0.29) is 5.56 Å². The summed E-state index contributed by atoms with van der Waals surface area (Å²) in [7, 11) is 7.66. The second-order valence-electron chi connectivity index (χ2n) is 9.58. The zero-order valence-electron chi connectivity index (χ0n) is 21.1. The Morgan fingerprint density at radius 3 is 2.46 bits per heavy atom. The highest BCUT2D eigenvalue weighted by Crippen LogP contribution is 2.44. The van der Waals surface area contributed by atoms with Crippen molar-refractivity contribution in [2.45, 2.75) is 13.3 Å². The molecule has 0 spiro atoms. The SMILES string of the molecule is COc1cc(N2CCN(C)c3cc(C4=CCN(C)CC4)c(C#N)cc32)c2cc(C)c(=O)n(C)c2c1. The molecular weight excluding hydrogens is 438 g/mol. The summed E-state index contributed by atoms with van der Waals surface area (Å²) in [5, 5.41) is 11.1. The van der Waals surface area contributed by atoms with Crippen LogP contribution >= 0.6 is 0 Å². The van der Waals surface area contributed by atoms with Crippen molar-refractivity contribution in [1.82, 2.24) is 9.47 Å². The number of nitrogens with zero attached hydrogens (tertiary/aromatic N) is 5. The molecule has 2 aliphatic rings. The summed E-state index contributed by atoms with van der Waals surface area (Å²) in [6.45, 7) is 5.33. The fourth-order valence-electron chi connectivity index (χ4n) is 5.23. The third-order valence-electron chi connectivity index (χ3n) is 7.35. The Morgan fingerprint density at radius 2 is 1.77 bits per heavy atom. The lowest BCUT2D eigenvalue weighted by molar-refractivity contribution is 0.370. The Balaban J connectivity index is 1.73. The first-order valence-electron chi connectivity index (χ1n) is 12.0. The van der Waals surface area contributed by atoms with Crippen LogP contribution in [0.5, 0.6) is 5.75 Å². The Morgan fingerprint density at radius 1 is 0.971 bits per heavy atom. The van der Waals surface area contributed by atoms with Crippen molar-refractivity contribution in [1.29, 1.82) is 5.26 Å². The van der Waals surface area contributed by atoms with Gasteiger partial charge >= 0.3 is 0 Å². The molecule has 5 rings (SSSR count). The van der Waals surface area contributed by atoms with Crippen LogP contribution in [0.1, 0.15) is 23.1 Å². The number of fused-ring (bicyclic) bond motifs is 2.